The van der Waals surface area contributed by atoms with Crippen LogP contribution in [-0.2, 0) is 21.3 Å². The van der Waals surface area contributed by atoms with Crippen LogP contribution in [0.3, 0.4) is 0 Å². The summed E-state index contributed by atoms with van der Waals surface area (Å²) in [7, 11) is 0.279. The van der Waals surface area contributed by atoms with E-state index in [-0.39, 0.29) is 11.5 Å². The van der Waals surface area contributed by atoms with Gasteiger partial charge in [0.2, 0.25) is 5.88 Å². The Hall–Kier alpha value is -1.43. The first-order chi connectivity index (χ1) is 8.02. The first-order valence-corrected chi connectivity index (χ1v) is 6.59. The summed E-state index contributed by atoms with van der Waals surface area (Å²) in [5.41, 5.74) is 0.639. The molecule has 1 heterocycles. The quantitative estimate of drug-likeness (QED) is 0.824. The number of carboxylic acid groups (broad SMARTS) is 1. The van der Waals surface area contributed by atoms with E-state index in [9.17, 15) is 9.00 Å². The zero-order valence-corrected chi connectivity index (χ0v) is 10.6. The highest BCUT2D eigenvalue weighted by molar-refractivity contribution is 7.84. The van der Waals surface area contributed by atoms with Gasteiger partial charge in [0.25, 0.3) is 0 Å². The first kappa shape index (κ1) is 13.6. The predicted octanol–water partition coefficient (Wildman–Crippen LogP) is 1.06. The number of rotatable bonds is 6. The number of aliphatic carboxylic acids is 1. The van der Waals surface area contributed by atoms with Crippen molar-refractivity contribution in [2.75, 3.05) is 12.9 Å². The van der Waals surface area contributed by atoms with Gasteiger partial charge in [0.1, 0.15) is 0 Å². The van der Waals surface area contributed by atoms with E-state index in [1.165, 1.54) is 7.11 Å². The average molecular weight is 257 g/mol. The van der Waals surface area contributed by atoms with E-state index in [0.717, 1.165) is 0 Å². The van der Waals surface area contributed by atoms with Crippen molar-refractivity contribution in [2.45, 2.75) is 12.7 Å². The molecule has 0 aliphatic heterocycles. The molecule has 94 valence electrons. The van der Waals surface area contributed by atoms with Gasteiger partial charge in [-0.1, -0.05) is 13.0 Å². The van der Waals surface area contributed by atoms with Gasteiger partial charge in [-0.25, -0.2) is 4.98 Å². The fourth-order valence-corrected chi connectivity index (χ4v) is 2.53. The van der Waals surface area contributed by atoms with Gasteiger partial charge in [-0.2, -0.15) is 0 Å². The minimum Gasteiger partial charge on any atom is -0.481 e. The fourth-order valence-electron chi connectivity index (χ4n) is 1.23. The zero-order chi connectivity index (χ0) is 12.8. The van der Waals surface area contributed by atoms with Crippen molar-refractivity contribution < 1.29 is 18.8 Å². The lowest BCUT2D eigenvalue weighted by Crippen LogP contribution is -2.18. The third-order valence-electron chi connectivity index (χ3n) is 2.16. The maximum Gasteiger partial charge on any atom is 0.307 e. The van der Waals surface area contributed by atoms with Gasteiger partial charge in [0.05, 0.1) is 24.5 Å². The van der Waals surface area contributed by atoms with Gasteiger partial charge in [-0.3, -0.25) is 9.00 Å². The molecule has 0 saturated heterocycles. The van der Waals surface area contributed by atoms with Crippen LogP contribution >= 0.6 is 0 Å². The molecule has 0 saturated carbocycles. The standard InChI is InChI=1S/C11H15NO4S/c1-8(11(13)14)6-17(15)7-9-4-3-5-10(12-9)16-2/h3-5,8H,6-7H2,1-2H3,(H,13,14). The topological polar surface area (TPSA) is 76.5 Å². The smallest absolute Gasteiger partial charge is 0.307 e. The highest BCUT2D eigenvalue weighted by Crippen LogP contribution is 2.10. The first-order valence-electron chi connectivity index (χ1n) is 5.10. The number of hydrogen-bond acceptors (Lipinski definition) is 4. The summed E-state index contributed by atoms with van der Waals surface area (Å²) in [5.74, 6) is -0.701. The van der Waals surface area contributed by atoms with Crippen LogP contribution in [0.5, 0.6) is 5.88 Å². The number of nitrogens with zero attached hydrogens (tertiary/aromatic N) is 1. The highest BCUT2D eigenvalue weighted by atomic mass is 32.2. The Labute approximate surface area is 102 Å². The maximum atomic E-state index is 11.7. The van der Waals surface area contributed by atoms with E-state index in [1.807, 2.05) is 0 Å². The number of aromatic nitrogens is 1. The summed E-state index contributed by atoms with van der Waals surface area (Å²) in [6, 6.07) is 5.21. The van der Waals surface area contributed by atoms with Gasteiger partial charge in [0.15, 0.2) is 0 Å². The molecular weight excluding hydrogens is 242 g/mol. The molecule has 0 aliphatic carbocycles. The Morgan fingerprint density at radius 2 is 2.29 bits per heavy atom. The summed E-state index contributed by atoms with van der Waals surface area (Å²) in [6.07, 6.45) is 0. The number of carbonyl (C=O) groups is 1. The van der Waals surface area contributed by atoms with Crippen LogP contribution in [0.1, 0.15) is 12.6 Å². The van der Waals surface area contributed by atoms with Crippen LogP contribution in [0.4, 0.5) is 0 Å². The molecule has 0 aromatic carbocycles. The van der Waals surface area contributed by atoms with E-state index >= 15 is 0 Å². The molecule has 5 nitrogen and oxygen atoms in total. The normalized spacial score (nSPS) is 14.0. The molecule has 6 heteroatoms. The molecule has 0 radical (unpaired) electrons. The van der Waals surface area contributed by atoms with Crippen LogP contribution in [0.2, 0.25) is 0 Å². The molecule has 17 heavy (non-hydrogen) atoms. The second-order valence-electron chi connectivity index (χ2n) is 3.66. The van der Waals surface area contributed by atoms with E-state index in [0.29, 0.717) is 11.6 Å². The number of pyridine rings is 1. The lowest BCUT2D eigenvalue weighted by Gasteiger charge is -2.06. The van der Waals surface area contributed by atoms with Crippen LogP contribution < -0.4 is 4.74 Å². The van der Waals surface area contributed by atoms with Crippen molar-refractivity contribution in [3.05, 3.63) is 23.9 Å². The Morgan fingerprint density at radius 1 is 1.59 bits per heavy atom. The lowest BCUT2D eigenvalue weighted by molar-refractivity contribution is -0.140. The average Bonchev–Trinajstić information content (AvgIpc) is 2.28. The van der Waals surface area contributed by atoms with E-state index < -0.39 is 22.7 Å². The second-order valence-corrected chi connectivity index (χ2v) is 5.16. The van der Waals surface area contributed by atoms with Gasteiger partial charge in [0, 0.05) is 22.6 Å². The second kappa shape index (κ2) is 6.34. The Morgan fingerprint density at radius 3 is 2.88 bits per heavy atom. The molecule has 2 atom stereocenters. The molecule has 0 fully saturated rings. The van der Waals surface area contributed by atoms with Crippen molar-refractivity contribution in [1.29, 1.82) is 0 Å². The maximum absolute atomic E-state index is 11.7. The minimum absolute atomic E-state index is 0.133. The van der Waals surface area contributed by atoms with Crippen molar-refractivity contribution in [3.63, 3.8) is 0 Å². The fraction of sp³-hybridized carbons (Fsp3) is 0.455. The van der Waals surface area contributed by atoms with Crippen LogP contribution in [0.25, 0.3) is 0 Å². The van der Waals surface area contributed by atoms with Crippen molar-refractivity contribution in [3.8, 4) is 5.88 Å². The molecule has 1 aromatic heterocycles. The number of carboxylic acids is 1. The predicted molar refractivity (Wildman–Crippen MR) is 64.3 cm³/mol. The molecule has 1 aromatic rings. The zero-order valence-electron chi connectivity index (χ0n) is 9.75. The number of ether oxygens (including phenoxy) is 1. The molecule has 2 unspecified atom stereocenters. The van der Waals surface area contributed by atoms with Crippen LogP contribution in [0, 0.1) is 5.92 Å². The molecule has 1 rings (SSSR count). The molecule has 1 N–H and O–H groups in total. The SMILES string of the molecule is COc1cccc(CS(=O)CC(C)C(=O)O)n1. The van der Waals surface area contributed by atoms with Gasteiger partial charge in [-0.15, -0.1) is 0 Å². The molecule has 0 aliphatic rings. The summed E-state index contributed by atoms with van der Waals surface area (Å²) in [5, 5.41) is 8.71. The third-order valence-corrected chi connectivity index (χ3v) is 3.65. The summed E-state index contributed by atoms with van der Waals surface area (Å²) in [4.78, 5) is 14.7. The van der Waals surface area contributed by atoms with E-state index in [4.69, 9.17) is 9.84 Å². The third kappa shape index (κ3) is 4.52. The van der Waals surface area contributed by atoms with Crippen LogP contribution in [0.15, 0.2) is 18.2 Å². The molecule has 0 spiro atoms. The largest absolute Gasteiger partial charge is 0.481 e. The Balaban J connectivity index is 2.58. The monoisotopic (exact) mass is 257 g/mol. The highest BCUT2D eigenvalue weighted by Gasteiger charge is 2.15. The van der Waals surface area contributed by atoms with Gasteiger partial charge < -0.3 is 9.84 Å². The van der Waals surface area contributed by atoms with Crippen LogP contribution in [-0.4, -0.2) is 33.1 Å². The summed E-state index contributed by atoms with van der Waals surface area (Å²) >= 11 is 0. The Bertz CT molecular complexity index is 422. The van der Waals surface area contributed by atoms with Crippen molar-refractivity contribution in [1.82, 2.24) is 4.98 Å². The molecule has 0 amide bonds. The van der Waals surface area contributed by atoms with Crippen molar-refractivity contribution >= 4 is 16.8 Å². The van der Waals surface area contributed by atoms with E-state index in [1.54, 1.807) is 25.1 Å². The van der Waals surface area contributed by atoms with Gasteiger partial charge >= 0.3 is 5.97 Å². The van der Waals surface area contributed by atoms with E-state index in [2.05, 4.69) is 4.98 Å². The minimum atomic E-state index is -1.23. The molecule has 0 bridgehead atoms. The van der Waals surface area contributed by atoms with Crippen molar-refractivity contribution in [2.24, 2.45) is 5.92 Å². The molecular formula is C11H15NO4S. The summed E-state index contributed by atoms with van der Waals surface area (Å²) < 4.78 is 16.6. The number of hydrogen-bond donors (Lipinski definition) is 1. The summed E-state index contributed by atoms with van der Waals surface area (Å²) in [6.45, 7) is 1.54. The Kier molecular flexibility index (Phi) is 5.09. The van der Waals surface area contributed by atoms with Gasteiger partial charge in [-0.05, 0) is 6.07 Å². The number of methoxy groups -OCH3 is 1. The lowest BCUT2D eigenvalue weighted by atomic mass is 10.2.